The lowest BCUT2D eigenvalue weighted by Crippen LogP contribution is -2.68. The predicted molar refractivity (Wildman–Crippen MR) is 152 cm³/mol. The molecular formula is C31H33ClO12. The molecular weight excluding hydrogens is 600 g/mol. The van der Waals surface area contributed by atoms with Gasteiger partial charge in [-0.3, -0.25) is 24.0 Å². The molecule has 44 heavy (non-hydrogen) atoms. The molecule has 2 heterocycles. The van der Waals surface area contributed by atoms with E-state index in [-0.39, 0.29) is 19.0 Å². The summed E-state index contributed by atoms with van der Waals surface area (Å²) >= 11 is 6.60. The van der Waals surface area contributed by atoms with Crippen LogP contribution in [0, 0.1) is 0 Å². The Kier molecular flexibility index (Phi) is 9.97. The summed E-state index contributed by atoms with van der Waals surface area (Å²) in [6.45, 7) is 5.34. The maximum absolute atomic E-state index is 12.4. The zero-order valence-corrected chi connectivity index (χ0v) is 25.6. The Hall–Kier alpha value is -4.00. The molecule has 0 radical (unpaired) electrons. The van der Waals surface area contributed by atoms with Gasteiger partial charge in [-0.2, -0.15) is 0 Å². The number of benzene rings is 2. The van der Waals surface area contributed by atoms with Crippen molar-refractivity contribution in [3.05, 3.63) is 64.2 Å². The van der Waals surface area contributed by atoms with Crippen LogP contribution in [0.25, 0.3) is 0 Å². The molecule has 2 saturated heterocycles. The second-order valence-corrected chi connectivity index (χ2v) is 11.1. The molecule has 2 fully saturated rings. The molecule has 2 aliphatic rings. The van der Waals surface area contributed by atoms with Gasteiger partial charge in [0.15, 0.2) is 23.6 Å². The summed E-state index contributed by atoms with van der Waals surface area (Å²) in [5, 5.41) is 0.417. The van der Waals surface area contributed by atoms with Gasteiger partial charge < -0.3 is 33.2 Å². The molecule has 0 N–H and O–H groups in total. The van der Waals surface area contributed by atoms with Gasteiger partial charge in [-0.25, -0.2) is 0 Å². The fraction of sp³-hybridized carbons (Fsp3) is 0.452. The smallest absolute Gasteiger partial charge is 0.303 e. The molecule has 2 aromatic rings. The van der Waals surface area contributed by atoms with Crippen molar-refractivity contribution >= 4 is 41.3 Å². The Morgan fingerprint density at radius 1 is 0.841 bits per heavy atom. The highest BCUT2D eigenvalue weighted by molar-refractivity contribution is 6.31. The average Bonchev–Trinajstić information content (AvgIpc) is 3.31. The second kappa shape index (κ2) is 13.3. The Morgan fingerprint density at radius 3 is 2.07 bits per heavy atom. The topological polar surface area (TPSA) is 150 Å². The van der Waals surface area contributed by atoms with Gasteiger partial charge in [0.2, 0.25) is 11.9 Å². The van der Waals surface area contributed by atoms with Crippen molar-refractivity contribution < 1.29 is 57.1 Å². The molecule has 12 nitrogen and oxygen atoms in total. The maximum Gasteiger partial charge on any atom is 0.303 e. The minimum atomic E-state index is -1.88. The van der Waals surface area contributed by atoms with Crippen LogP contribution in [0.4, 0.5) is 0 Å². The van der Waals surface area contributed by atoms with E-state index in [9.17, 15) is 24.0 Å². The lowest BCUT2D eigenvalue weighted by Gasteiger charge is -2.49. The molecule has 2 aromatic carbocycles. The van der Waals surface area contributed by atoms with Gasteiger partial charge >= 0.3 is 23.9 Å². The number of ether oxygens (including phenoxy) is 7. The summed E-state index contributed by atoms with van der Waals surface area (Å²) in [5.41, 5.74) is 0.229. The van der Waals surface area contributed by atoms with Crippen LogP contribution >= 0.6 is 11.6 Å². The number of hydrogen-bond acceptors (Lipinski definition) is 12. The van der Waals surface area contributed by atoms with Crippen LogP contribution in [0.1, 0.15) is 51.3 Å². The summed E-state index contributed by atoms with van der Waals surface area (Å²) in [5.74, 6) is -4.34. The van der Waals surface area contributed by atoms with E-state index in [1.807, 2.05) is 12.1 Å². The fourth-order valence-electron chi connectivity index (χ4n) is 5.26. The highest BCUT2D eigenvalue weighted by Crippen LogP contribution is 2.53. The van der Waals surface area contributed by atoms with E-state index in [0.717, 1.165) is 26.3 Å². The lowest BCUT2D eigenvalue weighted by atomic mass is 9.83. The Morgan fingerprint density at radius 2 is 1.48 bits per heavy atom. The highest BCUT2D eigenvalue weighted by atomic mass is 35.5. The first-order valence-corrected chi connectivity index (χ1v) is 14.1. The maximum atomic E-state index is 12.4. The van der Waals surface area contributed by atoms with Crippen molar-refractivity contribution in [2.45, 2.75) is 70.7 Å². The quantitative estimate of drug-likeness (QED) is 0.264. The third-order valence-electron chi connectivity index (χ3n) is 6.99. The lowest BCUT2D eigenvalue weighted by molar-refractivity contribution is -0.334. The highest BCUT2D eigenvalue weighted by Gasteiger charge is 2.72. The third kappa shape index (κ3) is 7.20. The van der Waals surface area contributed by atoms with Crippen molar-refractivity contribution in [3.8, 4) is 5.75 Å². The summed E-state index contributed by atoms with van der Waals surface area (Å²) in [6, 6.07) is 12.1. The number of rotatable bonds is 11. The average molecular weight is 633 g/mol. The third-order valence-corrected chi connectivity index (χ3v) is 7.36. The Labute approximate surface area is 258 Å². The summed E-state index contributed by atoms with van der Waals surface area (Å²) < 4.78 is 40.4. The van der Waals surface area contributed by atoms with Gasteiger partial charge in [0, 0.05) is 38.3 Å². The number of hydrogen-bond donors (Lipinski definition) is 0. The van der Waals surface area contributed by atoms with E-state index in [4.69, 9.17) is 44.8 Å². The molecule has 0 aliphatic carbocycles. The molecule has 0 amide bonds. The summed E-state index contributed by atoms with van der Waals surface area (Å²) in [6.07, 6.45) is -3.88. The predicted octanol–water partition coefficient (Wildman–Crippen LogP) is 3.21. The molecule has 0 saturated carbocycles. The van der Waals surface area contributed by atoms with Crippen LogP contribution in [0.5, 0.6) is 5.75 Å². The molecule has 5 atom stereocenters. The summed E-state index contributed by atoms with van der Waals surface area (Å²) in [7, 11) is 0. The zero-order valence-electron chi connectivity index (χ0n) is 24.9. The van der Waals surface area contributed by atoms with E-state index < -0.39 is 60.2 Å². The normalized spacial score (nSPS) is 25.5. The van der Waals surface area contributed by atoms with Crippen molar-refractivity contribution in [2.75, 3.05) is 19.8 Å². The first-order chi connectivity index (χ1) is 20.7. The molecule has 0 aromatic heterocycles. The molecule has 236 valence electrons. The van der Waals surface area contributed by atoms with E-state index in [0.29, 0.717) is 28.3 Å². The second-order valence-electron chi connectivity index (χ2n) is 10.7. The SMILES string of the molecule is CC(=O)COc1ccc(Cc2cc([C@]34OC[C@](COC(C)=O)(O3)[C@@H](OC(C)=O)[C@H](OC(C)=O)[C@H]4OC(C)=O)ccc2Cl)cc1. The number of Topliss-reactive ketones (excluding diaryl/α,β-unsaturated/α-hetero) is 1. The Bertz CT molecular complexity index is 1440. The minimum Gasteiger partial charge on any atom is -0.486 e. The van der Waals surface area contributed by atoms with E-state index >= 15 is 0 Å². The number of halogens is 1. The van der Waals surface area contributed by atoms with Crippen LogP contribution < -0.4 is 4.74 Å². The summed E-state index contributed by atoms with van der Waals surface area (Å²) in [4.78, 5) is 60.0. The number of ketones is 1. The van der Waals surface area contributed by atoms with Crippen LogP contribution in [-0.2, 0) is 64.6 Å². The molecule has 0 spiro atoms. The van der Waals surface area contributed by atoms with Gasteiger partial charge in [-0.05, 0) is 48.7 Å². The van der Waals surface area contributed by atoms with E-state index in [1.165, 1.54) is 13.8 Å². The fourth-order valence-corrected chi connectivity index (χ4v) is 5.44. The Balaban J connectivity index is 1.78. The number of carbonyl (C=O) groups is 5. The van der Waals surface area contributed by atoms with Crippen molar-refractivity contribution in [1.29, 1.82) is 0 Å². The number of esters is 4. The van der Waals surface area contributed by atoms with Crippen LogP contribution in [0.15, 0.2) is 42.5 Å². The largest absolute Gasteiger partial charge is 0.486 e. The van der Waals surface area contributed by atoms with Crippen molar-refractivity contribution in [3.63, 3.8) is 0 Å². The minimum absolute atomic E-state index is 0.0373. The van der Waals surface area contributed by atoms with Crippen LogP contribution in [-0.4, -0.2) is 73.4 Å². The van der Waals surface area contributed by atoms with Crippen LogP contribution in [0.3, 0.4) is 0 Å². The molecule has 2 aliphatic heterocycles. The van der Waals surface area contributed by atoms with Crippen molar-refractivity contribution in [1.82, 2.24) is 0 Å². The van der Waals surface area contributed by atoms with Crippen molar-refractivity contribution in [2.24, 2.45) is 0 Å². The van der Waals surface area contributed by atoms with Gasteiger partial charge in [0.1, 0.15) is 19.0 Å². The molecule has 2 bridgehead atoms. The standard InChI is InChI=1S/C31H33ClO12/c1-17(33)14-38-25-9-6-22(7-10-25)12-23-13-24(8-11-26(23)32)31-29(43-21(5)37)27(41-19(3)35)28(42-20(4)36)30(44-31,16-40-31)15-39-18(2)34/h6-11,13,27-29H,12,14-16H2,1-5H3/t27-,28-,29+,30-,31-/m0/s1. The number of carbonyl (C=O) groups excluding carboxylic acids is 5. The van der Waals surface area contributed by atoms with Gasteiger partial charge in [-0.15, -0.1) is 0 Å². The van der Waals surface area contributed by atoms with Gasteiger partial charge in [0.25, 0.3) is 0 Å². The first kappa shape index (κ1) is 32.9. The monoisotopic (exact) mass is 632 g/mol. The van der Waals surface area contributed by atoms with E-state index in [1.54, 1.807) is 30.3 Å². The van der Waals surface area contributed by atoms with Crippen LogP contribution in [0.2, 0.25) is 5.02 Å². The molecule has 4 rings (SSSR count). The zero-order chi connectivity index (χ0) is 32.2. The molecule has 0 unspecified atom stereocenters. The van der Waals surface area contributed by atoms with E-state index in [2.05, 4.69) is 0 Å². The van der Waals surface area contributed by atoms with Gasteiger partial charge in [0.05, 0.1) is 6.61 Å². The first-order valence-electron chi connectivity index (χ1n) is 13.7. The van der Waals surface area contributed by atoms with Gasteiger partial charge in [-0.1, -0.05) is 29.8 Å². The number of fused-ring (bicyclic) bond motifs is 2. The molecule has 13 heteroatoms.